The Labute approximate surface area is 152 Å². The maximum Gasteiger partial charge on any atom is 0.322 e. The van der Waals surface area contributed by atoms with Crippen LogP contribution in [0.5, 0.6) is 0 Å². The summed E-state index contributed by atoms with van der Waals surface area (Å²) in [4.78, 5) is 20.7. The lowest BCUT2D eigenvalue weighted by molar-refractivity contribution is 0.188. The van der Waals surface area contributed by atoms with Gasteiger partial charge in [0.25, 0.3) is 0 Å². The summed E-state index contributed by atoms with van der Waals surface area (Å²) >= 11 is 0. The van der Waals surface area contributed by atoms with Crippen LogP contribution in [0.2, 0.25) is 0 Å². The molecule has 26 heavy (non-hydrogen) atoms. The molecule has 3 heterocycles. The average molecular weight is 354 g/mol. The van der Waals surface area contributed by atoms with E-state index in [9.17, 15) is 9.18 Å². The summed E-state index contributed by atoms with van der Waals surface area (Å²) in [5, 5.41) is 3.13. The zero-order chi connectivity index (χ0) is 17.9. The Morgan fingerprint density at radius 1 is 1.15 bits per heavy atom. The Morgan fingerprint density at radius 2 is 1.92 bits per heavy atom. The van der Waals surface area contributed by atoms with E-state index in [0.29, 0.717) is 24.2 Å². The Hall–Kier alpha value is -2.47. The summed E-state index contributed by atoms with van der Waals surface area (Å²) in [5.74, 6) is -0.220. The number of rotatable bonds is 3. The molecule has 0 bridgehead atoms. The molecule has 0 aliphatic carbocycles. The highest BCUT2D eigenvalue weighted by atomic mass is 19.1. The molecule has 1 fully saturated rings. The van der Waals surface area contributed by atoms with E-state index < -0.39 is 0 Å². The van der Waals surface area contributed by atoms with Gasteiger partial charge in [0.05, 0.1) is 5.69 Å². The number of carbonyl (C=O) groups excluding carboxylic acids is 1. The Morgan fingerprint density at radius 3 is 2.69 bits per heavy atom. The van der Waals surface area contributed by atoms with E-state index in [1.807, 2.05) is 30.6 Å². The highest BCUT2D eigenvalue weighted by Gasteiger charge is 2.29. The van der Waals surface area contributed by atoms with Gasteiger partial charge >= 0.3 is 6.03 Å². The predicted octanol–water partition coefficient (Wildman–Crippen LogP) is 2.96. The topological polar surface area (TPSA) is 48.5 Å². The minimum Gasteiger partial charge on any atom is -0.335 e. The molecular formula is C20H23FN4O. The molecule has 1 aromatic heterocycles. The van der Waals surface area contributed by atoms with Crippen molar-refractivity contribution in [3.63, 3.8) is 0 Å². The number of nitrogens with one attached hydrogen (secondary N) is 1. The number of carbonyl (C=O) groups is 1. The third-order valence-corrected chi connectivity index (χ3v) is 5.29. The van der Waals surface area contributed by atoms with Crippen molar-refractivity contribution in [1.29, 1.82) is 0 Å². The lowest BCUT2D eigenvalue weighted by atomic mass is 10.0. The summed E-state index contributed by atoms with van der Waals surface area (Å²) in [7, 11) is 0. The second-order valence-corrected chi connectivity index (χ2v) is 6.99. The first-order valence-electron chi connectivity index (χ1n) is 9.17. The molecule has 2 aliphatic heterocycles. The summed E-state index contributed by atoms with van der Waals surface area (Å²) in [6.45, 7) is 3.38. The number of likely N-dealkylation sites (tertiary alicyclic amines) is 1. The number of urea groups is 1. The Balaban J connectivity index is 1.30. The van der Waals surface area contributed by atoms with Gasteiger partial charge < -0.3 is 5.32 Å². The SMILES string of the molecule is O=C(NC1CCN(Cc2ccncc2)CC1)N1CCc2c(F)cccc21. The summed E-state index contributed by atoms with van der Waals surface area (Å²) in [6, 6.07) is 9.09. The van der Waals surface area contributed by atoms with Crippen LogP contribution in [0.15, 0.2) is 42.7 Å². The van der Waals surface area contributed by atoms with E-state index in [4.69, 9.17) is 0 Å². The second kappa shape index (κ2) is 7.41. The molecule has 2 aliphatic rings. The van der Waals surface area contributed by atoms with Crippen molar-refractivity contribution in [2.24, 2.45) is 0 Å². The Kier molecular flexibility index (Phi) is 4.84. The molecule has 0 atom stereocenters. The van der Waals surface area contributed by atoms with E-state index in [1.165, 1.54) is 11.6 Å². The molecule has 2 amide bonds. The molecule has 0 unspecified atom stereocenters. The minimum absolute atomic E-state index is 0.109. The van der Waals surface area contributed by atoms with E-state index in [2.05, 4.69) is 15.2 Å². The number of halogens is 1. The van der Waals surface area contributed by atoms with Crippen molar-refractivity contribution in [2.75, 3.05) is 24.5 Å². The molecule has 6 heteroatoms. The summed E-state index contributed by atoms with van der Waals surface area (Å²) in [5.41, 5.74) is 2.62. The average Bonchev–Trinajstić information content (AvgIpc) is 3.10. The number of amides is 2. The predicted molar refractivity (Wildman–Crippen MR) is 98.5 cm³/mol. The number of fused-ring (bicyclic) bond motifs is 1. The molecule has 0 spiro atoms. The largest absolute Gasteiger partial charge is 0.335 e. The molecule has 5 nitrogen and oxygen atoms in total. The van der Waals surface area contributed by atoms with Crippen LogP contribution in [0.25, 0.3) is 0 Å². The van der Waals surface area contributed by atoms with Gasteiger partial charge in [-0.05, 0) is 49.1 Å². The van der Waals surface area contributed by atoms with Crippen LogP contribution in [0.1, 0.15) is 24.0 Å². The highest BCUT2D eigenvalue weighted by molar-refractivity contribution is 5.94. The zero-order valence-corrected chi connectivity index (χ0v) is 14.7. The number of aromatic nitrogens is 1. The number of anilines is 1. The van der Waals surface area contributed by atoms with Crippen LogP contribution < -0.4 is 10.2 Å². The lowest BCUT2D eigenvalue weighted by Crippen LogP contribution is -2.48. The maximum absolute atomic E-state index is 13.8. The summed E-state index contributed by atoms with van der Waals surface area (Å²) in [6.07, 6.45) is 6.08. The van der Waals surface area contributed by atoms with E-state index in [0.717, 1.165) is 32.5 Å². The number of hydrogen-bond donors (Lipinski definition) is 1. The lowest BCUT2D eigenvalue weighted by Gasteiger charge is -2.33. The van der Waals surface area contributed by atoms with Crippen LogP contribution in [-0.4, -0.2) is 41.6 Å². The standard InChI is InChI=1S/C20H23FN4O/c21-18-2-1-3-19-17(18)8-13-25(19)20(26)23-16-6-11-24(12-7-16)14-15-4-9-22-10-5-15/h1-5,9-10,16H,6-8,11-14H2,(H,23,26). The first-order valence-corrected chi connectivity index (χ1v) is 9.17. The number of pyridine rings is 1. The monoisotopic (exact) mass is 354 g/mol. The van der Waals surface area contributed by atoms with Crippen molar-refractivity contribution in [3.8, 4) is 0 Å². The van der Waals surface area contributed by atoms with Crippen LogP contribution in [-0.2, 0) is 13.0 Å². The van der Waals surface area contributed by atoms with Crippen molar-refractivity contribution in [2.45, 2.75) is 31.8 Å². The molecule has 0 radical (unpaired) electrons. The number of benzene rings is 1. The van der Waals surface area contributed by atoms with Gasteiger partial charge in [-0.3, -0.25) is 14.8 Å². The van der Waals surface area contributed by atoms with Gasteiger partial charge in [0.2, 0.25) is 0 Å². The fourth-order valence-electron chi connectivity index (χ4n) is 3.84. The van der Waals surface area contributed by atoms with E-state index in [1.54, 1.807) is 11.0 Å². The minimum atomic E-state index is -0.220. The molecule has 4 rings (SSSR count). The first-order chi connectivity index (χ1) is 12.7. The maximum atomic E-state index is 13.8. The summed E-state index contributed by atoms with van der Waals surface area (Å²) < 4.78 is 13.8. The van der Waals surface area contributed by atoms with E-state index >= 15 is 0 Å². The van der Waals surface area contributed by atoms with Gasteiger partial charge in [0.1, 0.15) is 5.82 Å². The highest BCUT2D eigenvalue weighted by Crippen LogP contribution is 2.30. The fraction of sp³-hybridized carbons (Fsp3) is 0.400. The molecule has 136 valence electrons. The van der Waals surface area contributed by atoms with Crippen molar-refractivity contribution in [1.82, 2.24) is 15.2 Å². The van der Waals surface area contributed by atoms with Gasteiger partial charge in [-0.1, -0.05) is 6.07 Å². The third-order valence-electron chi connectivity index (χ3n) is 5.29. The van der Waals surface area contributed by atoms with Crippen LogP contribution in [0, 0.1) is 5.82 Å². The van der Waals surface area contributed by atoms with Crippen LogP contribution in [0.4, 0.5) is 14.9 Å². The Bertz CT molecular complexity index is 775. The third kappa shape index (κ3) is 3.55. The normalized spacial score (nSPS) is 18.0. The molecule has 0 saturated carbocycles. The van der Waals surface area contributed by atoms with Crippen molar-refractivity contribution < 1.29 is 9.18 Å². The zero-order valence-electron chi connectivity index (χ0n) is 14.7. The van der Waals surface area contributed by atoms with Gasteiger partial charge in [-0.25, -0.2) is 9.18 Å². The molecule has 1 saturated heterocycles. The number of nitrogens with zero attached hydrogens (tertiary/aromatic N) is 3. The van der Waals surface area contributed by atoms with Gasteiger partial charge in [0, 0.05) is 50.2 Å². The van der Waals surface area contributed by atoms with Crippen molar-refractivity contribution in [3.05, 3.63) is 59.7 Å². The van der Waals surface area contributed by atoms with Crippen LogP contribution >= 0.6 is 0 Å². The second-order valence-electron chi connectivity index (χ2n) is 6.99. The number of piperidine rings is 1. The van der Waals surface area contributed by atoms with E-state index in [-0.39, 0.29) is 17.9 Å². The van der Waals surface area contributed by atoms with Gasteiger partial charge in [0.15, 0.2) is 0 Å². The molecule has 2 aromatic rings. The fourth-order valence-corrected chi connectivity index (χ4v) is 3.84. The first kappa shape index (κ1) is 17.0. The number of hydrogen-bond acceptors (Lipinski definition) is 3. The quantitative estimate of drug-likeness (QED) is 0.922. The smallest absolute Gasteiger partial charge is 0.322 e. The van der Waals surface area contributed by atoms with Crippen molar-refractivity contribution >= 4 is 11.7 Å². The van der Waals surface area contributed by atoms with Gasteiger partial charge in [-0.15, -0.1) is 0 Å². The van der Waals surface area contributed by atoms with Crippen LogP contribution in [0.3, 0.4) is 0 Å². The molecular weight excluding hydrogens is 331 g/mol. The van der Waals surface area contributed by atoms with Gasteiger partial charge in [-0.2, -0.15) is 0 Å². The molecule has 1 aromatic carbocycles. The molecule has 1 N–H and O–H groups in total.